The number of nitrogens with zero attached hydrogens (tertiary/aromatic N) is 1. The van der Waals surface area contributed by atoms with Crippen LogP contribution in [0.15, 0.2) is 48.5 Å². The number of rotatable bonds is 6. The fraction of sp³-hybridized carbons (Fsp3) is 0.333. The van der Waals surface area contributed by atoms with Gasteiger partial charge in [0.1, 0.15) is 5.75 Å². The molecule has 0 aliphatic heterocycles. The third-order valence-electron chi connectivity index (χ3n) is 4.42. The van der Waals surface area contributed by atoms with Crippen LogP contribution in [0.3, 0.4) is 0 Å². The zero-order valence-corrected chi connectivity index (χ0v) is 14.2. The number of ether oxygens (including phenoxy) is 1. The normalized spacial score (nSPS) is 14.0. The third-order valence-corrected chi connectivity index (χ3v) is 4.42. The van der Waals surface area contributed by atoms with Gasteiger partial charge in [-0.15, -0.1) is 0 Å². The Labute approximate surface area is 148 Å². The van der Waals surface area contributed by atoms with E-state index in [1.807, 2.05) is 24.3 Å². The fourth-order valence-electron chi connectivity index (χ4n) is 3.12. The van der Waals surface area contributed by atoms with Crippen molar-refractivity contribution in [3.05, 3.63) is 59.7 Å². The largest absolute Gasteiger partial charge is 0.490 e. The SMILES string of the molecule is N#Cc1cccc(NC(=O)CCc2cccc(OC3CCCC3)c2)c1. The predicted octanol–water partition coefficient (Wildman–Crippen LogP) is 4.45. The van der Waals surface area contributed by atoms with E-state index in [4.69, 9.17) is 10.00 Å². The first-order valence-corrected chi connectivity index (χ1v) is 8.78. The van der Waals surface area contributed by atoms with Crippen LogP contribution < -0.4 is 10.1 Å². The smallest absolute Gasteiger partial charge is 0.224 e. The molecule has 1 saturated carbocycles. The summed E-state index contributed by atoms with van der Waals surface area (Å²) < 4.78 is 6.01. The van der Waals surface area contributed by atoms with E-state index in [2.05, 4.69) is 11.4 Å². The Morgan fingerprint density at radius 3 is 2.76 bits per heavy atom. The zero-order valence-electron chi connectivity index (χ0n) is 14.2. The first-order chi connectivity index (χ1) is 12.2. The molecule has 3 rings (SSSR count). The number of anilines is 1. The monoisotopic (exact) mass is 334 g/mol. The standard InChI is InChI=1S/C21H22N2O2/c22-15-17-6-3-7-18(13-17)23-21(24)12-11-16-5-4-10-20(14-16)25-19-8-1-2-9-19/h3-7,10,13-14,19H,1-2,8-9,11-12H2,(H,23,24). The van der Waals surface area contributed by atoms with E-state index in [-0.39, 0.29) is 5.91 Å². The number of carbonyl (C=O) groups is 1. The second kappa shape index (κ2) is 8.34. The van der Waals surface area contributed by atoms with E-state index in [1.165, 1.54) is 12.8 Å². The van der Waals surface area contributed by atoms with Gasteiger partial charge in [0.2, 0.25) is 5.91 Å². The predicted molar refractivity (Wildman–Crippen MR) is 97.4 cm³/mol. The maximum absolute atomic E-state index is 12.1. The molecule has 2 aromatic rings. The number of amides is 1. The Morgan fingerprint density at radius 1 is 1.16 bits per heavy atom. The Kier molecular flexibility index (Phi) is 5.69. The van der Waals surface area contributed by atoms with Crippen molar-refractivity contribution in [3.8, 4) is 11.8 Å². The van der Waals surface area contributed by atoms with Crippen LogP contribution in [0, 0.1) is 11.3 Å². The molecule has 4 heteroatoms. The van der Waals surface area contributed by atoms with Crippen molar-refractivity contribution < 1.29 is 9.53 Å². The molecule has 4 nitrogen and oxygen atoms in total. The summed E-state index contributed by atoms with van der Waals surface area (Å²) in [4.78, 5) is 12.1. The van der Waals surface area contributed by atoms with Gasteiger partial charge in [-0.05, 0) is 68.0 Å². The molecule has 0 heterocycles. The first-order valence-electron chi connectivity index (χ1n) is 8.78. The van der Waals surface area contributed by atoms with E-state index in [0.29, 0.717) is 30.2 Å². The van der Waals surface area contributed by atoms with Gasteiger partial charge in [-0.25, -0.2) is 0 Å². The first kappa shape index (κ1) is 17.0. The molecule has 0 spiro atoms. The molecule has 1 fully saturated rings. The second-order valence-electron chi connectivity index (χ2n) is 6.41. The van der Waals surface area contributed by atoms with E-state index in [9.17, 15) is 4.79 Å². The van der Waals surface area contributed by atoms with Crippen molar-refractivity contribution in [1.29, 1.82) is 5.26 Å². The lowest BCUT2D eigenvalue weighted by Crippen LogP contribution is -2.13. The van der Waals surface area contributed by atoms with Crippen molar-refractivity contribution in [2.75, 3.05) is 5.32 Å². The van der Waals surface area contributed by atoms with Crippen LogP contribution in [0.1, 0.15) is 43.2 Å². The van der Waals surface area contributed by atoms with Crippen molar-refractivity contribution in [2.24, 2.45) is 0 Å². The molecular weight excluding hydrogens is 312 g/mol. The van der Waals surface area contributed by atoms with Crippen molar-refractivity contribution >= 4 is 11.6 Å². The Morgan fingerprint density at radius 2 is 1.96 bits per heavy atom. The number of nitrogens with one attached hydrogen (secondary N) is 1. The van der Waals surface area contributed by atoms with Crippen LogP contribution in [0.2, 0.25) is 0 Å². The molecule has 1 amide bonds. The number of nitriles is 1. The quantitative estimate of drug-likeness (QED) is 0.849. The number of benzene rings is 2. The molecule has 0 unspecified atom stereocenters. The van der Waals surface area contributed by atoms with Crippen LogP contribution in [0.5, 0.6) is 5.75 Å². The summed E-state index contributed by atoms with van der Waals surface area (Å²) in [6, 6.07) is 17.0. The van der Waals surface area contributed by atoms with E-state index < -0.39 is 0 Å². The third kappa shape index (κ3) is 5.09. The van der Waals surface area contributed by atoms with Gasteiger partial charge in [0.25, 0.3) is 0 Å². The van der Waals surface area contributed by atoms with Crippen LogP contribution in [0.25, 0.3) is 0 Å². The molecule has 128 valence electrons. The highest BCUT2D eigenvalue weighted by molar-refractivity contribution is 5.91. The highest BCUT2D eigenvalue weighted by Crippen LogP contribution is 2.25. The van der Waals surface area contributed by atoms with Gasteiger partial charge in [-0.2, -0.15) is 5.26 Å². The molecule has 0 saturated heterocycles. The molecule has 2 aromatic carbocycles. The van der Waals surface area contributed by atoms with Gasteiger partial charge in [0.15, 0.2) is 0 Å². The van der Waals surface area contributed by atoms with Gasteiger partial charge in [0.05, 0.1) is 17.7 Å². The molecule has 1 aliphatic carbocycles. The van der Waals surface area contributed by atoms with Crippen LogP contribution in [-0.2, 0) is 11.2 Å². The average molecular weight is 334 g/mol. The lowest BCUT2D eigenvalue weighted by atomic mass is 10.1. The highest BCUT2D eigenvalue weighted by Gasteiger charge is 2.16. The number of carbonyl (C=O) groups excluding carboxylic acids is 1. The van der Waals surface area contributed by atoms with E-state index in [0.717, 1.165) is 24.2 Å². The average Bonchev–Trinajstić information content (AvgIpc) is 3.13. The summed E-state index contributed by atoms with van der Waals surface area (Å²) in [6.45, 7) is 0. The summed E-state index contributed by atoms with van der Waals surface area (Å²) in [5.41, 5.74) is 2.29. The lowest BCUT2D eigenvalue weighted by Gasteiger charge is -2.13. The summed E-state index contributed by atoms with van der Waals surface area (Å²) in [5, 5.41) is 11.7. The molecule has 0 bridgehead atoms. The minimum atomic E-state index is -0.0581. The highest BCUT2D eigenvalue weighted by atomic mass is 16.5. The summed E-state index contributed by atoms with van der Waals surface area (Å²) in [5.74, 6) is 0.837. The Bertz CT molecular complexity index is 773. The van der Waals surface area contributed by atoms with Gasteiger partial charge >= 0.3 is 0 Å². The molecule has 1 N–H and O–H groups in total. The molecule has 0 aromatic heterocycles. The fourth-order valence-corrected chi connectivity index (χ4v) is 3.12. The zero-order chi connectivity index (χ0) is 17.5. The van der Waals surface area contributed by atoms with Crippen molar-refractivity contribution in [1.82, 2.24) is 0 Å². The van der Waals surface area contributed by atoms with Gasteiger partial charge in [-0.1, -0.05) is 18.2 Å². The molecule has 0 atom stereocenters. The number of hydrogen-bond acceptors (Lipinski definition) is 3. The van der Waals surface area contributed by atoms with Crippen LogP contribution in [-0.4, -0.2) is 12.0 Å². The van der Waals surface area contributed by atoms with Gasteiger partial charge in [-0.3, -0.25) is 4.79 Å². The summed E-state index contributed by atoms with van der Waals surface area (Å²) >= 11 is 0. The Hall–Kier alpha value is -2.80. The summed E-state index contributed by atoms with van der Waals surface area (Å²) in [6.07, 6.45) is 6.15. The van der Waals surface area contributed by atoms with Crippen LogP contribution >= 0.6 is 0 Å². The lowest BCUT2D eigenvalue weighted by molar-refractivity contribution is -0.116. The minimum Gasteiger partial charge on any atom is -0.490 e. The minimum absolute atomic E-state index is 0.0581. The Balaban J connectivity index is 1.52. The number of hydrogen-bond donors (Lipinski definition) is 1. The summed E-state index contributed by atoms with van der Waals surface area (Å²) in [7, 11) is 0. The maximum Gasteiger partial charge on any atom is 0.224 e. The molecule has 1 aliphatic rings. The van der Waals surface area contributed by atoms with Gasteiger partial charge in [0, 0.05) is 12.1 Å². The molecular formula is C21H22N2O2. The number of aryl methyl sites for hydroxylation is 1. The van der Waals surface area contributed by atoms with Gasteiger partial charge < -0.3 is 10.1 Å². The second-order valence-corrected chi connectivity index (χ2v) is 6.41. The molecule has 0 radical (unpaired) electrons. The van der Waals surface area contributed by atoms with E-state index in [1.54, 1.807) is 24.3 Å². The van der Waals surface area contributed by atoms with Crippen molar-refractivity contribution in [2.45, 2.75) is 44.6 Å². The van der Waals surface area contributed by atoms with Crippen molar-refractivity contribution in [3.63, 3.8) is 0 Å². The topological polar surface area (TPSA) is 62.1 Å². The van der Waals surface area contributed by atoms with E-state index >= 15 is 0 Å². The van der Waals surface area contributed by atoms with Crippen LogP contribution in [0.4, 0.5) is 5.69 Å². The molecule has 25 heavy (non-hydrogen) atoms. The maximum atomic E-state index is 12.1.